The van der Waals surface area contributed by atoms with Crippen molar-refractivity contribution in [1.82, 2.24) is 9.97 Å². The SMILES string of the molecule is N#Cc1cncc(N2C3CCC2CC(Oc2ccccc2)C3)n1. The molecule has 5 nitrogen and oxygen atoms in total. The minimum Gasteiger partial charge on any atom is -0.490 e. The number of rotatable bonds is 3. The predicted octanol–water partition coefficient (Wildman–Crippen LogP) is 2.93. The average molecular weight is 306 g/mol. The topological polar surface area (TPSA) is 62.0 Å². The van der Waals surface area contributed by atoms with E-state index in [0.29, 0.717) is 17.8 Å². The van der Waals surface area contributed by atoms with E-state index in [0.717, 1.165) is 37.3 Å². The van der Waals surface area contributed by atoms with Crippen LogP contribution in [0.25, 0.3) is 0 Å². The van der Waals surface area contributed by atoms with Crippen molar-refractivity contribution in [2.45, 2.75) is 43.9 Å². The van der Waals surface area contributed by atoms with Gasteiger partial charge in [0.1, 0.15) is 23.7 Å². The molecule has 0 amide bonds. The molecule has 0 radical (unpaired) electrons. The van der Waals surface area contributed by atoms with E-state index in [4.69, 9.17) is 10.00 Å². The highest BCUT2D eigenvalue weighted by Gasteiger charge is 2.42. The molecule has 2 aliphatic rings. The first-order chi connectivity index (χ1) is 11.3. The van der Waals surface area contributed by atoms with Crippen molar-refractivity contribution in [1.29, 1.82) is 5.26 Å². The molecule has 3 heterocycles. The van der Waals surface area contributed by atoms with Crippen LogP contribution in [-0.4, -0.2) is 28.2 Å². The van der Waals surface area contributed by atoms with Crippen LogP contribution in [0.5, 0.6) is 5.75 Å². The Morgan fingerprint density at radius 3 is 2.52 bits per heavy atom. The fourth-order valence-corrected chi connectivity index (χ4v) is 3.82. The molecule has 2 bridgehead atoms. The second-order valence-electron chi connectivity index (χ2n) is 6.19. The monoisotopic (exact) mass is 306 g/mol. The van der Waals surface area contributed by atoms with E-state index >= 15 is 0 Å². The number of benzene rings is 1. The maximum atomic E-state index is 9.02. The van der Waals surface area contributed by atoms with E-state index in [2.05, 4.69) is 20.9 Å². The fourth-order valence-electron chi connectivity index (χ4n) is 3.82. The van der Waals surface area contributed by atoms with Crippen LogP contribution in [0, 0.1) is 11.3 Å². The quantitative estimate of drug-likeness (QED) is 0.872. The van der Waals surface area contributed by atoms with Gasteiger partial charge in [-0.15, -0.1) is 0 Å². The van der Waals surface area contributed by atoms with Gasteiger partial charge >= 0.3 is 0 Å². The third-order valence-electron chi connectivity index (χ3n) is 4.74. The van der Waals surface area contributed by atoms with Gasteiger partial charge in [0, 0.05) is 24.9 Å². The molecule has 1 aromatic heterocycles. The van der Waals surface area contributed by atoms with Gasteiger partial charge in [-0.2, -0.15) is 5.26 Å². The summed E-state index contributed by atoms with van der Waals surface area (Å²) in [6.07, 6.45) is 7.81. The number of fused-ring (bicyclic) bond motifs is 2. The van der Waals surface area contributed by atoms with E-state index in [-0.39, 0.29) is 6.10 Å². The van der Waals surface area contributed by atoms with Crippen LogP contribution >= 0.6 is 0 Å². The Kier molecular flexibility index (Phi) is 3.58. The number of nitrogens with zero attached hydrogens (tertiary/aromatic N) is 4. The van der Waals surface area contributed by atoms with Crippen molar-refractivity contribution in [2.24, 2.45) is 0 Å². The summed E-state index contributed by atoms with van der Waals surface area (Å²) in [6, 6.07) is 12.9. The Hall–Kier alpha value is -2.61. The summed E-state index contributed by atoms with van der Waals surface area (Å²) in [5, 5.41) is 9.02. The summed E-state index contributed by atoms with van der Waals surface area (Å²) in [5.41, 5.74) is 0.379. The first-order valence-electron chi connectivity index (χ1n) is 8.05. The van der Waals surface area contributed by atoms with Crippen molar-refractivity contribution >= 4 is 5.82 Å². The van der Waals surface area contributed by atoms with Crippen LogP contribution in [0.1, 0.15) is 31.4 Å². The molecule has 2 atom stereocenters. The molecular formula is C18H18N4O. The largest absolute Gasteiger partial charge is 0.490 e. The molecule has 23 heavy (non-hydrogen) atoms. The fraction of sp³-hybridized carbons (Fsp3) is 0.389. The molecule has 2 saturated heterocycles. The molecule has 2 unspecified atom stereocenters. The highest BCUT2D eigenvalue weighted by molar-refractivity contribution is 5.44. The number of nitriles is 1. The lowest BCUT2D eigenvalue weighted by atomic mass is 9.99. The second-order valence-corrected chi connectivity index (χ2v) is 6.19. The van der Waals surface area contributed by atoms with E-state index in [1.54, 1.807) is 6.20 Å². The van der Waals surface area contributed by atoms with E-state index in [1.807, 2.05) is 30.3 Å². The highest BCUT2D eigenvalue weighted by Crippen LogP contribution is 2.39. The summed E-state index contributed by atoms with van der Waals surface area (Å²) in [4.78, 5) is 10.9. The van der Waals surface area contributed by atoms with Gasteiger partial charge in [0.2, 0.25) is 0 Å². The van der Waals surface area contributed by atoms with Crippen molar-refractivity contribution in [2.75, 3.05) is 4.90 Å². The molecule has 2 aromatic rings. The molecule has 0 N–H and O–H groups in total. The van der Waals surface area contributed by atoms with Crippen molar-refractivity contribution in [3.63, 3.8) is 0 Å². The first-order valence-corrected chi connectivity index (χ1v) is 8.05. The van der Waals surface area contributed by atoms with Crippen LogP contribution in [0.3, 0.4) is 0 Å². The lowest BCUT2D eigenvalue weighted by Crippen LogP contribution is -2.47. The number of piperidine rings is 1. The molecule has 0 spiro atoms. The standard InChI is InChI=1S/C18H18N4O/c19-10-13-11-20-12-18(21-13)22-14-6-7-15(22)9-17(8-14)23-16-4-2-1-3-5-16/h1-5,11-12,14-15,17H,6-9H2. The second kappa shape index (κ2) is 5.88. The van der Waals surface area contributed by atoms with E-state index < -0.39 is 0 Å². The van der Waals surface area contributed by atoms with Gasteiger partial charge in [0.25, 0.3) is 0 Å². The Balaban J connectivity index is 1.51. The lowest BCUT2D eigenvalue weighted by Gasteiger charge is -2.39. The Morgan fingerprint density at radius 1 is 1.09 bits per heavy atom. The molecule has 2 aliphatic heterocycles. The minimum atomic E-state index is 0.248. The molecule has 1 aromatic carbocycles. The zero-order chi connectivity index (χ0) is 15.6. The summed E-state index contributed by atoms with van der Waals surface area (Å²) < 4.78 is 6.15. The van der Waals surface area contributed by atoms with Crippen LogP contribution < -0.4 is 9.64 Å². The summed E-state index contributed by atoms with van der Waals surface area (Å²) in [5.74, 6) is 1.77. The lowest BCUT2D eigenvalue weighted by molar-refractivity contribution is 0.150. The predicted molar refractivity (Wildman–Crippen MR) is 86.1 cm³/mol. The van der Waals surface area contributed by atoms with Crippen molar-refractivity contribution in [3.05, 3.63) is 48.4 Å². The zero-order valence-corrected chi connectivity index (χ0v) is 12.8. The molecule has 5 heteroatoms. The molecule has 0 aliphatic carbocycles. The van der Waals surface area contributed by atoms with Gasteiger partial charge in [0.15, 0.2) is 5.69 Å². The molecule has 116 valence electrons. The zero-order valence-electron chi connectivity index (χ0n) is 12.8. The minimum absolute atomic E-state index is 0.248. The third kappa shape index (κ3) is 2.72. The summed E-state index contributed by atoms with van der Waals surface area (Å²) in [7, 11) is 0. The number of hydrogen-bond acceptors (Lipinski definition) is 5. The van der Waals surface area contributed by atoms with Gasteiger partial charge in [-0.05, 0) is 25.0 Å². The molecule has 2 fully saturated rings. The molecular weight excluding hydrogens is 288 g/mol. The summed E-state index contributed by atoms with van der Waals surface area (Å²) in [6.45, 7) is 0. The van der Waals surface area contributed by atoms with Gasteiger partial charge < -0.3 is 9.64 Å². The van der Waals surface area contributed by atoms with Crippen LogP contribution in [0.15, 0.2) is 42.7 Å². The van der Waals surface area contributed by atoms with Crippen molar-refractivity contribution < 1.29 is 4.74 Å². The normalized spacial score (nSPS) is 25.9. The van der Waals surface area contributed by atoms with Crippen molar-refractivity contribution in [3.8, 4) is 11.8 Å². The highest BCUT2D eigenvalue weighted by atomic mass is 16.5. The van der Waals surface area contributed by atoms with E-state index in [9.17, 15) is 0 Å². The maximum absolute atomic E-state index is 9.02. The smallest absolute Gasteiger partial charge is 0.161 e. The van der Waals surface area contributed by atoms with E-state index in [1.165, 1.54) is 6.20 Å². The Labute approximate surface area is 135 Å². The average Bonchev–Trinajstić information content (AvgIpc) is 2.87. The van der Waals surface area contributed by atoms with Crippen LogP contribution in [0.4, 0.5) is 5.82 Å². The Morgan fingerprint density at radius 2 is 1.83 bits per heavy atom. The number of anilines is 1. The number of aromatic nitrogens is 2. The van der Waals surface area contributed by atoms with Gasteiger partial charge in [0.05, 0.1) is 12.4 Å². The summed E-state index contributed by atoms with van der Waals surface area (Å²) >= 11 is 0. The van der Waals surface area contributed by atoms with Gasteiger partial charge in [-0.25, -0.2) is 4.98 Å². The number of para-hydroxylation sites is 1. The maximum Gasteiger partial charge on any atom is 0.161 e. The molecule has 4 rings (SSSR count). The van der Waals surface area contributed by atoms with Crippen LogP contribution in [0.2, 0.25) is 0 Å². The number of ether oxygens (including phenoxy) is 1. The van der Waals surface area contributed by atoms with Crippen LogP contribution in [-0.2, 0) is 0 Å². The first kappa shape index (κ1) is 14.0. The van der Waals surface area contributed by atoms with Gasteiger partial charge in [-0.3, -0.25) is 4.98 Å². The Bertz CT molecular complexity index is 713. The third-order valence-corrected chi connectivity index (χ3v) is 4.74. The van der Waals surface area contributed by atoms with Gasteiger partial charge in [-0.1, -0.05) is 18.2 Å². The number of hydrogen-bond donors (Lipinski definition) is 0. The molecule has 0 saturated carbocycles.